The molecule has 9 rings (SSSR count). The fraction of sp³-hybridized carbons (Fsp3) is 0. The molecule has 3 heterocycles. The lowest BCUT2D eigenvalue weighted by Gasteiger charge is -2.18. The molecule has 0 atom stereocenters. The number of nitrogens with zero attached hydrogens (tertiary/aromatic N) is 5. The van der Waals surface area contributed by atoms with E-state index in [4.69, 9.17) is 19.9 Å². The van der Waals surface area contributed by atoms with Gasteiger partial charge in [0.05, 0.1) is 27.9 Å². The lowest BCUT2D eigenvalue weighted by molar-refractivity contribution is 1.23. The highest BCUT2D eigenvalue weighted by Crippen LogP contribution is 2.44. The predicted molar refractivity (Wildman–Crippen MR) is 195 cm³/mol. The number of rotatable bonds is 5. The highest BCUT2D eigenvalue weighted by molar-refractivity contribution is 6.20. The first-order chi connectivity index (χ1) is 23.8. The summed E-state index contributed by atoms with van der Waals surface area (Å²) in [5.41, 5.74) is 11.5. The number of pyridine rings is 1. The second-order valence-electron chi connectivity index (χ2n) is 11.7. The van der Waals surface area contributed by atoms with E-state index in [1.54, 1.807) is 0 Å². The van der Waals surface area contributed by atoms with Crippen LogP contribution in [-0.4, -0.2) is 24.9 Å². The molecule has 0 bridgehead atoms. The Bertz CT molecular complexity index is 2590. The Morgan fingerprint density at radius 2 is 0.938 bits per heavy atom. The Kier molecular flexibility index (Phi) is 6.72. The molecule has 0 spiro atoms. The fourth-order valence-corrected chi connectivity index (χ4v) is 6.57. The van der Waals surface area contributed by atoms with Gasteiger partial charge in [0.25, 0.3) is 0 Å². The third kappa shape index (κ3) is 4.77. The van der Waals surface area contributed by atoms with Gasteiger partial charge in [-0.25, -0.2) is 19.9 Å². The molecule has 0 amide bonds. The number of aromatic nitrogens is 5. The van der Waals surface area contributed by atoms with Gasteiger partial charge < -0.3 is 0 Å². The van der Waals surface area contributed by atoms with Crippen LogP contribution in [-0.2, 0) is 0 Å². The summed E-state index contributed by atoms with van der Waals surface area (Å²) in [7, 11) is 0. The molecule has 3 aromatic heterocycles. The number of hydrogen-bond acceptors (Lipinski definition) is 5. The highest BCUT2D eigenvalue weighted by atomic mass is 14.9. The first-order valence-corrected chi connectivity index (χ1v) is 15.9. The summed E-state index contributed by atoms with van der Waals surface area (Å²) < 4.78 is 0. The average Bonchev–Trinajstić information content (AvgIpc) is 3.17. The van der Waals surface area contributed by atoms with E-state index in [2.05, 4.69) is 83.8 Å². The average molecular weight is 614 g/mol. The second kappa shape index (κ2) is 11.6. The smallest absolute Gasteiger partial charge is 0.159 e. The van der Waals surface area contributed by atoms with E-state index in [-0.39, 0.29) is 0 Å². The Labute approximate surface area is 277 Å². The Morgan fingerprint density at radius 3 is 1.56 bits per heavy atom. The molecule has 0 unspecified atom stereocenters. The van der Waals surface area contributed by atoms with Gasteiger partial charge in [-0.3, -0.25) is 4.98 Å². The lowest BCUT2D eigenvalue weighted by atomic mass is 9.88. The first-order valence-electron chi connectivity index (χ1n) is 15.9. The van der Waals surface area contributed by atoms with Crippen LogP contribution in [0.5, 0.6) is 0 Å². The van der Waals surface area contributed by atoms with E-state index in [1.165, 1.54) is 0 Å². The largest absolute Gasteiger partial charge is 0.264 e. The monoisotopic (exact) mass is 613 g/mol. The minimum absolute atomic E-state index is 0.624. The van der Waals surface area contributed by atoms with Crippen molar-refractivity contribution in [2.24, 2.45) is 0 Å². The molecule has 224 valence electrons. The number of hydrogen-bond donors (Lipinski definition) is 0. The van der Waals surface area contributed by atoms with Crippen LogP contribution in [0.2, 0.25) is 0 Å². The molecular formula is C43H27N5. The lowest BCUT2D eigenvalue weighted by Crippen LogP contribution is -1.98. The van der Waals surface area contributed by atoms with Crippen molar-refractivity contribution < 1.29 is 0 Å². The van der Waals surface area contributed by atoms with Crippen LogP contribution in [0.15, 0.2) is 164 Å². The van der Waals surface area contributed by atoms with Crippen LogP contribution >= 0.6 is 0 Å². The van der Waals surface area contributed by atoms with Gasteiger partial charge in [0.2, 0.25) is 0 Å². The zero-order chi connectivity index (χ0) is 31.9. The van der Waals surface area contributed by atoms with Crippen molar-refractivity contribution in [3.63, 3.8) is 0 Å². The molecule has 0 aliphatic carbocycles. The molecule has 6 aromatic carbocycles. The quantitative estimate of drug-likeness (QED) is 0.181. The standard InChI is InChI=1S/C43H27N5/c1-5-13-28(14-6-1)38-33-23-24-44-26-34(33)35-27-45-43(48-42(35)39(38)29-15-7-2-8-16-29)32-21-22-36-37(25-32)47-41(31-19-11-4-12-20-31)40(46-36)30-17-9-3-10-18-30/h1-27H. The van der Waals surface area contributed by atoms with E-state index >= 15 is 0 Å². The molecule has 9 aromatic rings. The topological polar surface area (TPSA) is 64.5 Å². The maximum absolute atomic E-state index is 5.32. The van der Waals surface area contributed by atoms with Crippen LogP contribution < -0.4 is 0 Å². The van der Waals surface area contributed by atoms with Gasteiger partial charge >= 0.3 is 0 Å². The van der Waals surface area contributed by atoms with Crippen molar-refractivity contribution in [1.29, 1.82) is 0 Å². The summed E-state index contributed by atoms with van der Waals surface area (Å²) >= 11 is 0. The van der Waals surface area contributed by atoms with Gasteiger partial charge in [-0.1, -0.05) is 121 Å². The molecule has 0 saturated heterocycles. The Balaban J connectivity index is 1.29. The molecule has 48 heavy (non-hydrogen) atoms. The predicted octanol–water partition coefficient (Wildman–Crippen LogP) is 10.5. The van der Waals surface area contributed by atoms with Crippen molar-refractivity contribution in [3.05, 3.63) is 164 Å². The summed E-state index contributed by atoms with van der Waals surface area (Å²) in [5.74, 6) is 0.624. The normalized spacial score (nSPS) is 11.3. The zero-order valence-electron chi connectivity index (χ0n) is 25.8. The molecule has 0 fully saturated rings. The molecule has 5 nitrogen and oxygen atoms in total. The summed E-state index contributed by atoms with van der Waals surface area (Å²) in [6.45, 7) is 0. The van der Waals surface area contributed by atoms with Crippen molar-refractivity contribution in [2.75, 3.05) is 0 Å². The third-order valence-corrected chi connectivity index (χ3v) is 8.80. The number of fused-ring (bicyclic) bond motifs is 4. The maximum atomic E-state index is 5.32. The van der Waals surface area contributed by atoms with Gasteiger partial charge in [-0.15, -0.1) is 0 Å². The van der Waals surface area contributed by atoms with E-state index in [1.807, 2.05) is 85.3 Å². The molecule has 0 N–H and O–H groups in total. The van der Waals surface area contributed by atoms with Crippen LogP contribution in [0, 0.1) is 0 Å². The van der Waals surface area contributed by atoms with Gasteiger partial charge in [0.15, 0.2) is 5.82 Å². The zero-order valence-corrected chi connectivity index (χ0v) is 25.8. The van der Waals surface area contributed by atoms with Crippen molar-refractivity contribution in [1.82, 2.24) is 24.9 Å². The van der Waals surface area contributed by atoms with E-state index < -0.39 is 0 Å². The summed E-state index contributed by atoms with van der Waals surface area (Å²) in [6.07, 6.45) is 5.71. The minimum atomic E-state index is 0.624. The van der Waals surface area contributed by atoms with E-state index in [0.717, 1.165) is 83.0 Å². The Hall–Kier alpha value is -6.59. The second-order valence-corrected chi connectivity index (χ2v) is 11.7. The van der Waals surface area contributed by atoms with Crippen molar-refractivity contribution in [3.8, 4) is 56.2 Å². The van der Waals surface area contributed by atoms with Gasteiger partial charge in [-0.05, 0) is 46.3 Å². The van der Waals surface area contributed by atoms with Gasteiger partial charge in [0, 0.05) is 51.6 Å². The maximum Gasteiger partial charge on any atom is 0.159 e. The first kappa shape index (κ1) is 27.7. The van der Waals surface area contributed by atoms with Gasteiger partial charge in [-0.2, -0.15) is 0 Å². The summed E-state index contributed by atoms with van der Waals surface area (Å²) in [5, 5.41) is 3.09. The molecule has 0 saturated carbocycles. The van der Waals surface area contributed by atoms with Gasteiger partial charge in [0.1, 0.15) is 0 Å². The van der Waals surface area contributed by atoms with E-state index in [0.29, 0.717) is 5.82 Å². The van der Waals surface area contributed by atoms with E-state index in [9.17, 15) is 0 Å². The summed E-state index contributed by atoms with van der Waals surface area (Å²) in [6, 6.07) is 49.7. The van der Waals surface area contributed by atoms with Crippen molar-refractivity contribution in [2.45, 2.75) is 0 Å². The SMILES string of the molecule is c1ccc(-c2nc3ccc(-c4ncc5c(n4)c(-c4ccccc4)c(-c4ccccc4)c4ccncc45)cc3nc2-c2ccccc2)cc1. The van der Waals surface area contributed by atoms with Crippen LogP contribution in [0.1, 0.15) is 0 Å². The molecular weight excluding hydrogens is 587 g/mol. The fourth-order valence-electron chi connectivity index (χ4n) is 6.57. The highest BCUT2D eigenvalue weighted by Gasteiger charge is 2.20. The number of benzene rings is 6. The molecule has 0 aliphatic rings. The molecule has 0 aliphatic heterocycles. The van der Waals surface area contributed by atoms with Crippen LogP contribution in [0.3, 0.4) is 0 Å². The minimum Gasteiger partial charge on any atom is -0.264 e. The molecule has 5 heteroatoms. The Morgan fingerprint density at radius 1 is 0.375 bits per heavy atom. The van der Waals surface area contributed by atoms with Crippen LogP contribution in [0.4, 0.5) is 0 Å². The summed E-state index contributed by atoms with van der Waals surface area (Å²) in [4.78, 5) is 25.1. The third-order valence-electron chi connectivity index (χ3n) is 8.80. The molecule has 0 radical (unpaired) electrons. The van der Waals surface area contributed by atoms with Crippen LogP contribution in [0.25, 0.3) is 88.9 Å². The van der Waals surface area contributed by atoms with Crippen molar-refractivity contribution >= 4 is 32.7 Å².